The Morgan fingerprint density at radius 3 is 2.21 bits per heavy atom. The molecule has 3 rings (SSSR count). The van der Waals surface area contributed by atoms with Crippen molar-refractivity contribution < 1.29 is 9.59 Å². The van der Waals surface area contributed by atoms with Crippen LogP contribution < -0.4 is 5.32 Å². The second-order valence-electron chi connectivity index (χ2n) is 9.40. The zero-order chi connectivity index (χ0) is 24.7. The van der Waals surface area contributed by atoms with Crippen LogP contribution in [0.2, 0.25) is 5.02 Å². The van der Waals surface area contributed by atoms with Gasteiger partial charge < -0.3 is 10.2 Å². The second-order valence-corrected chi connectivity index (χ2v) is 10.8. The van der Waals surface area contributed by atoms with E-state index < -0.39 is 11.6 Å². The smallest absolute Gasteiger partial charge is 0.243 e. The minimum Gasteiger partial charge on any atom is -0.350 e. The van der Waals surface area contributed by atoms with Gasteiger partial charge >= 0.3 is 0 Å². The maximum atomic E-state index is 13.7. The summed E-state index contributed by atoms with van der Waals surface area (Å²) in [5.41, 5.74) is 2.32. The third-order valence-corrected chi connectivity index (χ3v) is 5.98. The van der Waals surface area contributed by atoms with Crippen LogP contribution in [0.25, 0.3) is 0 Å². The molecule has 0 bridgehead atoms. The molecule has 0 aromatic heterocycles. The summed E-state index contributed by atoms with van der Waals surface area (Å²) in [4.78, 5) is 28.9. The molecule has 0 aliphatic carbocycles. The molecule has 6 heteroatoms. The molecular weight excluding hydrogens is 512 g/mol. The van der Waals surface area contributed by atoms with Gasteiger partial charge in [-0.15, -0.1) is 0 Å². The van der Waals surface area contributed by atoms with Crippen LogP contribution in [0.4, 0.5) is 0 Å². The largest absolute Gasteiger partial charge is 0.350 e. The third-order valence-electron chi connectivity index (χ3n) is 5.26. The lowest BCUT2D eigenvalue weighted by atomic mass is 10.00. The number of nitrogens with zero attached hydrogens (tertiary/aromatic N) is 1. The van der Waals surface area contributed by atoms with Crippen LogP contribution in [-0.4, -0.2) is 28.3 Å². The monoisotopic (exact) mass is 540 g/mol. The zero-order valence-electron chi connectivity index (χ0n) is 19.7. The molecule has 0 saturated carbocycles. The minimum absolute atomic E-state index is 0.132. The standard InChI is InChI=1S/C28H30BrClN2O2/c1-28(2,3)31-27(34)25(17-20-9-5-4-6-10-20)32(19-22-12-7-13-23(29)15-22)26(33)18-21-11-8-14-24(30)16-21/h4-16,25H,17-19H2,1-3H3,(H,31,34). The Labute approximate surface area is 215 Å². The van der Waals surface area contributed by atoms with Crippen LogP contribution in [0.15, 0.2) is 83.3 Å². The molecular formula is C28H30BrClN2O2. The van der Waals surface area contributed by atoms with Crippen LogP contribution in [0.1, 0.15) is 37.5 Å². The number of hydrogen-bond acceptors (Lipinski definition) is 2. The number of carbonyl (C=O) groups is 2. The lowest BCUT2D eigenvalue weighted by molar-refractivity contribution is -0.141. The molecule has 34 heavy (non-hydrogen) atoms. The predicted molar refractivity (Wildman–Crippen MR) is 142 cm³/mol. The Balaban J connectivity index is 1.99. The van der Waals surface area contributed by atoms with Crippen LogP contribution in [-0.2, 0) is 29.0 Å². The summed E-state index contributed by atoms with van der Waals surface area (Å²) >= 11 is 9.67. The summed E-state index contributed by atoms with van der Waals surface area (Å²) in [7, 11) is 0. The van der Waals surface area contributed by atoms with Crippen molar-refractivity contribution in [2.45, 2.75) is 51.7 Å². The van der Waals surface area contributed by atoms with Crippen molar-refractivity contribution in [1.29, 1.82) is 0 Å². The lowest BCUT2D eigenvalue weighted by Crippen LogP contribution is -2.54. The summed E-state index contributed by atoms with van der Waals surface area (Å²) in [5, 5.41) is 3.66. The van der Waals surface area contributed by atoms with E-state index in [1.807, 2.05) is 87.5 Å². The molecule has 178 valence electrons. The predicted octanol–water partition coefficient (Wildman–Crippen LogP) is 6.20. The van der Waals surface area contributed by atoms with Gasteiger partial charge in [-0.3, -0.25) is 9.59 Å². The first-order valence-corrected chi connectivity index (χ1v) is 12.4. The van der Waals surface area contributed by atoms with E-state index in [1.54, 1.807) is 17.0 Å². The molecule has 0 saturated heterocycles. The fourth-order valence-corrected chi connectivity index (χ4v) is 4.42. The Bertz CT molecular complexity index is 1130. The fourth-order valence-electron chi connectivity index (χ4n) is 3.76. The van der Waals surface area contributed by atoms with Crippen LogP contribution >= 0.6 is 27.5 Å². The van der Waals surface area contributed by atoms with E-state index in [9.17, 15) is 9.59 Å². The van der Waals surface area contributed by atoms with Gasteiger partial charge in [0.05, 0.1) is 6.42 Å². The second kappa shape index (κ2) is 11.7. The topological polar surface area (TPSA) is 49.4 Å². The van der Waals surface area contributed by atoms with E-state index in [-0.39, 0.29) is 18.2 Å². The van der Waals surface area contributed by atoms with E-state index in [2.05, 4.69) is 21.2 Å². The Morgan fingerprint density at radius 2 is 1.56 bits per heavy atom. The zero-order valence-corrected chi connectivity index (χ0v) is 22.1. The molecule has 0 heterocycles. The number of hydrogen-bond donors (Lipinski definition) is 1. The van der Waals surface area contributed by atoms with Crippen LogP contribution in [0.5, 0.6) is 0 Å². The molecule has 0 fully saturated rings. The van der Waals surface area contributed by atoms with Crippen LogP contribution in [0, 0.1) is 0 Å². The van der Waals surface area contributed by atoms with Crippen molar-refractivity contribution in [2.75, 3.05) is 0 Å². The average Bonchev–Trinajstić information content (AvgIpc) is 2.75. The molecule has 3 aromatic carbocycles. The van der Waals surface area contributed by atoms with E-state index in [4.69, 9.17) is 11.6 Å². The SMILES string of the molecule is CC(C)(C)NC(=O)C(Cc1ccccc1)N(Cc1cccc(Br)c1)C(=O)Cc1cccc(Cl)c1. The number of benzene rings is 3. The van der Waals surface area contributed by atoms with E-state index in [0.717, 1.165) is 21.2 Å². The van der Waals surface area contributed by atoms with Crippen molar-refractivity contribution in [3.05, 3.63) is 105 Å². The van der Waals surface area contributed by atoms with Gasteiger partial charge in [-0.05, 0) is 61.7 Å². The molecule has 2 amide bonds. The van der Waals surface area contributed by atoms with E-state index >= 15 is 0 Å². The van der Waals surface area contributed by atoms with Gasteiger partial charge in [0, 0.05) is 28.0 Å². The van der Waals surface area contributed by atoms with E-state index in [0.29, 0.717) is 18.0 Å². The van der Waals surface area contributed by atoms with Crippen molar-refractivity contribution in [3.63, 3.8) is 0 Å². The van der Waals surface area contributed by atoms with Gasteiger partial charge in [-0.1, -0.05) is 82.1 Å². The summed E-state index contributed by atoms with van der Waals surface area (Å²) in [6, 6.07) is 24.2. The molecule has 0 spiro atoms. The highest BCUT2D eigenvalue weighted by atomic mass is 79.9. The quantitative estimate of drug-likeness (QED) is 0.369. The highest BCUT2D eigenvalue weighted by molar-refractivity contribution is 9.10. The Kier molecular flexibility index (Phi) is 8.92. The lowest BCUT2D eigenvalue weighted by Gasteiger charge is -2.34. The minimum atomic E-state index is -0.674. The van der Waals surface area contributed by atoms with Gasteiger partial charge in [0.1, 0.15) is 6.04 Å². The number of carbonyl (C=O) groups excluding carboxylic acids is 2. The first kappa shape index (κ1) is 26.0. The van der Waals surface area contributed by atoms with Crippen molar-refractivity contribution in [1.82, 2.24) is 10.2 Å². The number of halogens is 2. The van der Waals surface area contributed by atoms with Crippen LogP contribution in [0.3, 0.4) is 0 Å². The molecule has 3 aromatic rings. The maximum absolute atomic E-state index is 13.7. The van der Waals surface area contributed by atoms with Gasteiger partial charge in [-0.25, -0.2) is 0 Å². The van der Waals surface area contributed by atoms with E-state index in [1.165, 1.54) is 0 Å². The van der Waals surface area contributed by atoms with Crippen molar-refractivity contribution in [3.8, 4) is 0 Å². The average molecular weight is 542 g/mol. The normalized spacial score (nSPS) is 12.1. The molecule has 0 aliphatic rings. The van der Waals surface area contributed by atoms with Gasteiger partial charge in [0.15, 0.2) is 0 Å². The first-order valence-electron chi connectivity index (χ1n) is 11.2. The highest BCUT2D eigenvalue weighted by Gasteiger charge is 2.32. The molecule has 0 aliphatic heterocycles. The van der Waals surface area contributed by atoms with Crippen molar-refractivity contribution >= 4 is 39.3 Å². The Hall–Kier alpha value is -2.63. The fraction of sp³-hybridized carbons (Fsp3) is 0.286. The van der Waals surface area contributed by atoms with Crippen molar-refractivity contribution in [2.24, 2.45) is 0 Å². The molecule has 1 N–H and O–H groups in total. The maximum Gasteiger partial charge on any atom is 0.243 e. The molecule has 0 radical (unpaired) electrons. The molecule has 1 atom stereocenters. The number of rotatable bonds is 8. The Morgan fingerprint density at radius 1 is 0.912 bits per heavy atom. The van der Waals surface area contributed by atoms with Gasteiger partial charge in [0.2, 0.25) is 11.8 Å². The number of amides is 2. The first-order chi connectivity index (χ1) is 16.1. The number of nitrogens with one attached hydrogen (secondary N) is 1. The third kappa shape index (κ3) is 8.00. The summed E-state index contributed by atoms with van der Waals surface area (Å²) < 4.78 is 0.922. The molecule has 1 unspecified atom stereocenters. The molecule has 4 nitrogen and oxygen atoms in total. The van der Waals surface area contributed by atoms with Gasteiger partial charge in [0.25, 0.3) is 0 Å². The van der Waals surface area contributed by atoms with Gasteiger partial charge in [-0.2, -0.15) is 0 Å². The summed E-state index contributed by atoms with van der Waals surface area (Å²) in [6.07, 6.45) is 0.570. The summed E-state index contributed by atoms with van der Waals surface area (Å²) in [6.45, 7) is 6.14. The highest BCUT2D eigenvalue weighted by Crippen LogP contribution is 2.20. The summed E-state index contributed by atoms with van der Waals surface area (Å²) in [5.74, 6) is -0.307.